The molecule has 1 aliphatic rings. The maximum atomic E-state index is 12.0. The number of carbonyl (C=O) groups is 1. The van der Waals surface area contributed by atoms with Crippen LogP contribution in [0.5, 0.6) is 11.5 Å². The number of methoxy groups -OCH3 is 2. The van der Waals surface area contributed by atoms with Crippen molar-refractivity contribution in [2.45, 2.75) is 13.0 Å². The van der Waals surface area contributed by atoms with Crippen LogP contribution in [0.25, 0.3) is 0 Å². The summed E-state index contributed by atoms with van der Waals surface area (Å²) < 4.78 is 10.8. The normalized spacial score (nSPS) is 13.7. The van der Waals surface area contributed by atoms with Gasteiger partial charge in [-0.1, -0.05) is 11.6 Å². The first-order valence-electron chi connectivity index (χ1n) is 9.31. The minimum atomic E-state index is -0.0665. The van der Waals surface area contributed by atoms with Crippen molar-refractivity contribution >= 4 is 23.2 Å². The quantitative estimate of drug-likeness (QED) is 0.663. The van der Waals surface area contributed by atoms with E-state index < -0.39 is 0 Å². The van der Waals surface area contributed by atoms with Crippen LogP contribution in [-0.2, 0) is 17.8 Å². The Balaban J connectivity index is 1.42. The van der Waals surface area contributed by atoms with Gasteiger partial charge >= 0.3 is 0 Å². The summed E-state index contributed by atoms with van der Waals surface area (Å²) >= 11 is 5.85. The molecule has 2 N–H and O–H groups in total. The first-order chi connectivity index (χ1) is 13.6. The lowest BCUT2D eigenvalue weighted by Crippen LogP contribution is -2.38. The molecular formula is C21H26ClN3O3. The molecule has 0 bridgehead atoms. The molecule has 0 unspecified atom stereocenters. The van der Waals surface area contributed by atoms with E-state index in [9.17, 15) is 4.79 Å². The molecule has 0 spiro atoms. The summed E-state index contributed by atoms with van der Waals surface area (Å²) in [6, 6.07) is 11.2. The van der Waals surface area contributed by atoms with E-state index >= 15 is 0 Å². The second-order valence-electron chi connectivity index (χ2n) is 6.73. The number of hydrogen-bond acceptors (Lipinski definition) is 5. The lowest BCUT2D eigenvalue weighted by atomic mass is 9.99. The zero-order valence-electron chi connectivity index (χ0n) is 16.3. The number of benzene rings is 2. The van der Waals surface area contributed by atoms with Gasteiger partial charge in [-0.2, -0.15) is 0 Å². The Kier molecular flexibility index (Phi) is 7.14. The van der Waals surface area contributed by atoms with Crippen molar-refractivity contribution in [3.63, 3.8) is 0 Å². The number of nitrogens with zero attached hydrogens (tertiary/aromatic N) is 1. The molecule has 3 rings (SSSR count). The fourth-order valence-corrected chi connectivity index (χ4v) is 3.44. The number of rotatable bonds is 8. The van der Waals surface area contributed by atoms with E-state index in [0.717, 1.165) is 49.8 Å². The average molecular weight is 404 g/mol. The van der Waals surface area contributed by atoms with Gasteiger partial charge in [0.1, 0.15) is 0 Å². The van der Waals surface area contributed by atoms with Gasteiger partial charge < -0.3 is 20.1 Å². The Labute approximate surface area is 170 Å². The van der Waals surface area contributed by atoms with Crippen LogP contribution in [-0.4, -0.2) is 51.2 Å². The maximum Gasteiger partial charge on any atom is 0.238 e. The molecule has 0 saturated heterocycles. The highest BCUT2D eigenvalue weighted by Crippen LogP contribution is 2.33. The molecule has 0 fully saturated rings. The third kappa shape index (κ3) is 5.38. The predicted molar refractivity (Wildman–Crippen MR) is 111 cm³/mol. The minimum Gasteiger partial charge on any atom is -0.493 e. The van der Waals surface area contributed by atoms with E-state index in [1.807, 2.05) is 0 Å². The molecule has 0 saturated carbocycles. The van der Waals surface area contributed by atoms with Crippen molar-refractivity contribution in [3.8, 4) is 11.5 Å². The van der Waals surface area contributed by atoms with Gasteiger partial charge in [0.05, 0.1) is 20.8 Å². The van der Waals surface area contributed by atoms with E-state index in [1.165, 1.54) is 11.1 Å². The summed E-state index contributed by atoms with van der Waals surface area (Å²) in [6.45, 7) is 3.76. The monoisotopic (exact) mass is 403 g/mol. The van der Waals surface area contributed by atoms with Crippen molar-refractivity contribution < 1.29 is 14.3 Å². The molecule has 2 aromatic carbocycles. The SMILES string of the molecule is COc1cc2c(cc1OC)CN(CCNCC(=O)Nc1ccc(Cl)cc1)CC2. The average Bonchev–Trinajstić information content (AvgIpc) is 2.71. The molecule has 1 aliphatic heterocycles. The molecule has 2 aromatic rings. The van der Waals surface area contributed by atoms with Gasteiger partial charge in [-0.15, -0.1) is 0 Å². The van der Waals surface area contributed by atoms with Crippen molar-refractivity contribution in [2.75, 3.05) is 45.7 Å². The Bertz CT molecular complexity index is 811. The maximum absolute atomic E-state index is 12.0. The van der Waals surface area contributed by atoms with Gasteiger partial charge in [0, 0.05) is 36.9 Å². The number of nitrogens with one attached hydrogen (secondary N) is 2. The third-order valence-corrected chi connectivity index (χ3v) is 5.07. The van der Waals surface area contributed by atoms with Gasteiger partial charge in [-0.25, -0.2) is 0 Å². The number of halogens is 1. The summed E-state index contributed by atoms with van der Waals surface area (Å²) in [6.07, 6.45) is 0.979. The number of fused-ring (bicyclic) bond motifs is 1. The predicted octanol–water partition coefficient (Wildman–Crippen LogP) is 2.94. The third-order valence-electron chi connectivity index (χ3n) is 4.82. The fourth-order valence-electron chi connectivity index (χ4n) is 3.31. The van der Waals surface area contributed by atoms with Crippen molar-refractivity contribution in [3.05, 3.63) is 52.5 Å². The topological polar surface area (TPSA) is 62.8 Å². The van der Waals surface area contributed by atoms with Crippen LogP contribution < -0.4 is 20.1 Å². The molecule has 28 heavy (non-hydrogen) atoms. The Morgan fingerprint density at radius 1 is 1.11 bits per heavy atom. The Morgan fingerprint density at radius 2 is 1.79 bits per heavy atom. The molecule has 0 aliphatic carbocycles. The zero-order valence-corrected chi connectivity index (χ0v) is 17.0. The van der Waals surface area contributed by atoms with Gasteiger partial charge in [0.2, 0.25) is 5.91 Å². The minimum absolute atomic E-state index is 0.0665. The smallest absolute Gasteiger partial charge is 0.238 e. The highest BCUT2D eigenvalue weighted by Gasteiger charge is 2.19. The Morgan fingerprint density at radius 3 is 2.46 bits per heavy atom. The first-order valence-corrected chi connectivity index (χ1v) is 9.69. The number of carbonyl (C=O) groups excluding carboxylic acids is 1. The lowest BCUT2D eigenvalue weighted by Gasteiger charge is -2.29. The summed E-state index contributed by atoms with van der Waals surface area (Å²) in [5.41, 5.74) is 3.32. The summed E-state index contributed by atoms with van der Waals surface area (Å²) in [7, 11) is 3.32. The van der Waals surface area contributed by atoms with Crippen molar-refractivity contribution in [2.24, 2.45) is 0 Å². The molecule has 6 nitrogen and oxygen atoms in total. The van der Waals surface area contributed by atoms with E-state index in [4.69, 9.17) is 21.1 Å². The van der Waals surface area contributed by atoms with E-state index in [2.05, 4.69) is 27.7 Å². The Hall–Kier alpha value is -2.28. The van der Waals surface area contributed by atoms with Gasteiger partial charge in [0.15, 0.2) is 11.5 Å². The summed E-state index contributed by atoms with van der Waals surface area (Å²) in [4.78, 5) is 14.4. The molecule has 1 heterocycles. The van der Waals surface area contributed by atoms with Crippen LogP contribution >= 0.6 is 11.6 Å². The molecular weight excluding hydrogens is 378 g/mol. The highest BCUT2D eigenvalue weighted by molar-refractivity contribution is 6.30. The van der Waals surface area contributed by atoms with Crippen molar-refractivity contribution in [1.29, 1.82) is 0 Å². The largest absolute Gasteiger partial charge is 0.493 e. The van der Waals surface area contributed by atoms with Crippen LogP contribution in [0, 0.1) is 0 Å². The van der Waals surface area contributed by atoms with E-state index in [0.29, 0.717) is 5.02 Å². The van der Waals surface area contributed by atoms with Crippen LogP contribution in [0.2, 0.25) is 5.02 Å². The van der Waals surface area contributed by atoms with Crippen LogP contribution in [0.15, 0.2) is 36.4 Å². The number of ether oxygens (including phenoxy) is 2. The van der Waals surface area contributed by atoms with Crippen molar-refractivity contribution in [1.82, 2.24) is 10.2 Å². The van der Waals surface area contributed by atoms with E-state index in [1.54, 1.807) is 38.5 Å². The molecule has 0 atom stereocenters. The molecule has 0 radical (unpaired) electrons. The molecule has 1 amide bonds. The number of anilines is 1. The van der Waals surface area contributed by atoms with Gasteiger partial charge in [0.25, 0.3) is 0 Å². The standard InChI is InChI=1S/C21H26ClN3O3/c1-27-19-11-15-7-9-25(14-16(15)12-20(19)28-2)10-8-23-13-21(26)24-18-5-3-17(22)4-6-18/h3-6,11-12,23H,7-10,13-14H2,1-2H3,(H,24,26). The van der Waals surface area contributed by atoms with Gasteiger partial charge in [-0.05, 0) is 53.9 Å². The summed E-state index contributed by atoms with van der Waals surface area (Å²) in [5.74, 6) is 1.48. The number of amides is 1. The fraction of sp³-hybridized carbons (Fsp3) is 0.381. The van der Waals surface area contributed by atoms with Crippen LogP contribution in [0.1, 0.15) is 11.1 Å². The summed E-state index contributed by atoms with van der Waals surface area (Å²) in [5, 5.41) is 6.70. The first kappa shape index (κ1) is 20.5. The molecule has 0 aromatic heterocycles. The van der Waals surface area contributed by atoms with Crippen LogP contribution in [0.4, 0.5) is 5.69 Å². The second kappa shape index (κ2) is 9.78. The lowest BCUT2D eigenvalue weighted by molar-refractivity contribution is -0.115. The van der Waals surface area contributed by atoms with Crippen LogP contribution in [0.3, 0.4) is 0 Å². The zero-order chi connectivity index (χ0) is 19.9. The molecule has 7 heteroatoms. The van der Waals surface area contributed by atoms with Gasteiger partial charge in [-0.3, -0.25) is 9.69 Å². The second-order valence-corrected chi connectivity index (χ2v) is 7.17. The molecule has 150 valence electrons. The van der Waals surface area contributed by atoms with E-state index in [-0.39, 0.29) is 12.5 Å². The highest BCUT2D eigenvalue weighted by atomic mass is 35.5. The number of hydrogen-bond donors (Lipinski definition) is 2.